The van der Waals surface area contributed by atoms with Crippen LogP contribution in [0, 0.1) is 0 Å². The Labute approximate surface area is 181 Å². The van der Waals surface area contributed by atoms with Crippen molar-refractivity contribution in [1.82, 2.24) is 24.1 Å². The average molecular weight is 443 g/mol. The van der Waals surface area contributed by atoms with Gasteiger partial charge in [-0.05, 0) is 37.1 Å². The zero-order chi connectivity index (χ0) is 20.5. The van der Waals surface area contributed by atoms with Crippen LogP contribution >= 0.6 is 23.4 Å². The maximum atomic E-state index is 12.4. The summed E-state index contributed by atoms with van der Waals surface area (Å²) in [5, 5.41) is 10.1. The molecule has 4 aromatic rings. The smallest absolute Gasteiger partial charge is 0.258 e. The van der Waals surface area contributed by atoms with E-state index in [1.54, 1.807) is 24.6 Å². The molecule has 0 aromatic carbocycles. The molecule has 0 amide bonds. The molecule has 4 aromatic heterocycles. The van der Waals surface area contributed by atoms with Crippen LogP contribution in [-0.4, -0.2) is 37.2 Å². The third kappa shape index (κ3) is 3.82. The molecule has 0 spiro atoms. The molecule has 0 unspecified atom stereocenters. The van der Waals surface area contributed by atoms with Gasteiger partial charge in [-0.1, -0.05) is 23.4 Å². The molecule has 0 aliphatic carbocycles. The number of rotatable bonds is 6. The number of hydrogen-bond acceptors (Lipinski definition) is 7. The normalized spacial score (nSPS) is 14.1. The SMILES string of the molecule is O=c1cc(CSc2nnc(N3CCCC3)n2Cc2ccco2)nc2ccc(Cl)cn12. The fourth-order valence-electron chi connectivity index (χ4n) is 3.57. The Kier molecular flexibility index (Phi) is 5.22. The molecule has 8 nitrogen and oxygen atoms in total. The summed E-state index contributed by atoms with van der Waals surface area (Å²) in [5.41, 5.74) is 1.09. The van der Waals surface area contributed by atoms with E-state index in [0.29, 0.717) is 28.7 Å². The molecule has 0 radical (unpaired) electrons. The highest BCUT2D eigenvalue weighted by Crippen LogP contribution is 2.27. The Balaban J connectivity index is 1.42. The highest BCUT2D eigenvalue weighted by Gasteiger charge is 2.22. The van der Waals surface area contributed by atoms with Crippen molar-refractivity contribution in [3.63, 3.8) is 0 Å². The van der Waals surface area contributed by atoms with Gasteiger partial charge < -0.3 is 9.32 Å². The van der Waals surface area contributed by atoms with E-state index in [-0.39, 0.29) is 5.56 Å². The molecule has 1 aliphatic heterocycles. The monoisotopic (exact) mass is 442 g/mol. The third-order valence-electron chi connectivity index (χ3n) is 5.01. The molecular weight excluding hydrogens is 424 g/mol. The summed E-state index contributed by atoms with van der Waals surface area (Å²) >= 11 is 7.49. The van der Waals surface area contributed by atoms with Crippen molar-refractivity contribution in [2.75, 3.05) is 18.0 Å². The minimum absolute atomic E-state index is 0.159. The van der Waals surface area contributed by atoms with Gasteiger partial charge in [0, 0.05) is 31.1 Å². The van der Waals surface area contributed by atoms with E-state index in [1.165, 1.54) is 22.2 Å². The van der Waals surface area contributed by atoms with Crippen molar-refractivity contribution in [3.05, 3.63) is 69.6 Å². The fraction of sp³-hybridized carbons (Fsp3) is 0.300. The summed E-state index contributed by atoms with van der Waals surface area (Å²) in [4.78, 5) is 19.3. The Bertz CT molecular complexity index is 1230. The number of thioether (sulfide) groups is 1. The van der Waals surface area contributed by atoms with E-state index < -0.39 is 0 Å². The first-order chi connectivity index (χ1) is 14.7. The van der Waals surface area contributed by atoms with Gasteiger partial charge >= 0.3 is 0 Å². The number of fused-ring (bicyclic) bond motifs is 1. The highest BCUT2D eigenvalue weighted by molar-refractivity contribution is 7.98. The lowest BCUT2D eigenvalue weighted by Gasteiger charge is -2.17. The summed E-state index contributed by atoms with van der Waals surface area (Å²) in [6.45, 7) is 2.51. The van der Waals surface area contributed by atoms with Crippen LogP contribution < -0.4 is 10.5 Å². The predicted molar refractivity (Wildman–Crippen MR) is 115 cm³/mol. The number of halogens is 1. The molecule has 154 valence electrons. The van der Waals surface area contributed by atoms with Crippen LogP contribution in [0.1, 0.15) is 24.3 Å². The Hall–Kier alpha value is -2.78. The number of pyridine rings is 1. The quantitative estimate of drug-likeness (QED) is 0.423. The number of aromatic nitrogens is 5. The Morgan fingerprint density at radius 1 is 1.17 bits per heavy atom. The molecule has 1 fully saturated rings. The lowest BCUT2D eigenvalue weighted by atomic mass is 10.4. The molecule has 0 atom stereocenters. The standard InChI is InChI=1S/C20H19ClN6O2S/c21-14-5-6-17-22-15(10-18(28)26(17)11-14)13-30-20-24-23-19(25-7-1-2-8-25)27(20)12-16-4-3-9-29-16/h3-6,9-11H,1-2,7-8,12-13H2. The maximum Gasteiger partial charge on any atom is 0.258 e. The van der Waals surface area contributed by atoms with Gasteiger partial charge in [-0.2, -0.15) is 0 Å². The van der Waals surface area contributed by atoms with Crippen molar-refractivity contribution in [3.8, 4) is 0 Å². The lowest BCUT2D eigenvalue weighted by molar-refractivity contribution is 0.483. The molecule has 0 N–H and O–H groups in total. The van der Waals surface area contributed by atoms with E-state index >= 15 is 0 Å². The largest absolute Gasteiger partial charge is 0.467 e. The summed E-state index contributed by atoms with van der Waals surface area (Å²) in [7, 11) is 0. The molecule has 0 saturated carbocycles. The van der Waals surface area contributed by atoms with Crippen molar-refractivity contribution >= 4 is 35.0 Å². The minimum Gasteiger partial charge on any atom is -0.467 e. The van der Waals surface area contributed by atoms with Crippen LogP contribution in [0.25, 0.3) is 5.65 Å². The molecule has 1 aliphatic rings. The first-order valence-electron chi connectivity index (χ1n) is 9.68. The van der Waals surface area contributed by atoms with E-state index in [1.807, 2.05) is 12.1 Å². The van der Waals surface area contributed by atoms with Gasteiger partial charge in [0.25, 0.3) is 5.56 Å². The zero-order valence-electron chi connectivity index (χ0n) is 16.1. The van der Waals surface area contributed by atoms with E-state index in [0.717, 1.165) is 42.8 Å². The number of nitrogens with zero attached hydrogens (tertiary/aromatic N) is 6. The Morgan fingerprint density at radius 2 is 2.03 bits per heavy atom. The molecule has 5 heterocycles. The van der Waals surface area contributed by atoms with Crippen molar-refractivity contribution < 1.29 is 4.42 Å². The van der Waals surface area contributed by atoms with Crippen LogP contribution in [0.5, 0.6) is 0 Å². The van der Waals surface area contributed by atoms with Crippen LogP contribution in [0.2, 0.25) is 5.02 Å². The molecule has 0 bridgehead atoms. The summed E-state index contributed by atoms with van der Waals surface area (Å²) < 4.78 is 9.06. The fourth-order valence-corrected chi connectivity index (χ4v) is 4.56. The van der Waals surface area contributed by atoms with Crippen LogP contribution in [-0.2, 0) is 12.3 Å². The second kappa shape index (κ2) is 8.16. The van der Waals surface area contributed by atoms with Gasteiger partial charge in [-0.3, -0.25) is 13.8 Å². The lowest BCUT2D eigenvalue weighted by Crippen LogP contribution is -2.22. The summed E-state index contributed by atoms with van der Waals surface area (Å²) in [5.74, 6) is 2.20. The molecule has 10 heteroatoms. The summed E-state index contributed by atoms with van der Waals surface area (Å²) in [6, 6.07) is 8.82. The number of furan rings is 1. The van der Waals surface area contributed by atoms with Crippen molar-refractivity contribution in [2.45, 2.75) is 30.3 Å². The average Bonchev–Trinajstić information content (AvgIpc) is 3.50. The minimum atomic E-state index is -0.159. The highest BCUT2D eigenvalue weighted by atomic mass is 35.5. The maximum absolute atomic E-state index is 12.4. The molecular formula is C20H19ClN6O2S. The van der Waals surface area contributed by atoms with Gasteiger partial charge in [0.05, 0.1) is 23.5 Å². The second-order valence-corrected chi connectivity index (χ2v) is 8.47. The third-order valence-corrected chi connectivity index (χ3v) is 6.23. The zero-order valence-corrected chi connectivity index (χ0v) is 17.6. The van der Waals surface area contributed by atoms with Crippen LogP contribution in [0.15, 0.2) is 57.2 Å². The van der Waals surface area contributed by atoms with Crippen molar-refractivity contribution in [1.29, 1.82) is 0 Å². The Morgan fingerprint density at radius 3 is 2.83 bits per heavy atom. The topological polar surface area (TPSA) is 81.5 Å². The van der Waals surface area contributed by atoms with Gasteiger partial charge in [-0.25, -0.2) is 4.98 Å². The van der Waals surface area contributed by atoms with Crippen LogP contribution in [0.3, 0.4) is 0 Å². The van der Waals surface area contributed by atoms with E-state index in [9.17, 15) is 4.79 Å². The number of anilines is 1. The first kappa shape index (κ1) is 19.2. The van der Waals surface area contributed by atoms with Crippen LogP contribution in [0.4, 0.5) is 5.95 Å². The molecule has 1 saturated heterocycles. The van der Waals surface area contributed by atoms with Gasteiger partial charge in [-0.15, -0.1) is 10.2 Å². The van der Waals surface area contributed by atoms with E-state index in [2.05, 4.69) is 24.6 Å². The van der Waals surface area contributed by atoms with Crippen molar-refractivity contribution in [2.24, 2.45) is 0 Å². The second-order valence-electron chi connectivity index (χ2n) is 7.09. The predicted octanol–water partition coefficient (Wildman–Crippen LogP) is 3.47. The van der Waals surface area contributed by atoms with E-state index in [4.69, 9.17) is 16.0 Å². The van der Waals surface area contributed by atoms with Gasteiger partial charge in [0.2, 0.25) is 5.95 Å². The number of hydrogen-bond donors (Lipinski definition) is 0. The van der Waals surface area contributed by atoms with Gasteiger partial charge in [0.1, 0.15) is 11.4 Å². The molecule has 30 heavy (non-hydrogen) atoms. The first-order valence-corrected chi connectivity index (χ1v) is 11.0. The summed E-state index contributed by atoms with van der Waals surface area (Å²) in [6.07, 6.45) is 5.56. The van der Waals surface area contributed by atoms with Gasteiger partial charge in [0.15, 0.2) is 5.16 Å². The molecule has 5 rings (SSSR count).